The van der Waals surface area contributed by atoms with Crippen LogP contribution in [0.15, 0.2) is 36.4 Å². The highest BCUT2D eigenvalue weighted by atomic mass is 127. The second-order valence-electron chi connectivity index (χ2n) is 5.01. The Morgan fingerprint density at radius 1 is 1.60 bits per heavy atom. The molecule has 0 amide bonds. The molecule has 2 unspecified atom stereocenters. The first kappa shape index (κ1) is 17.0. The molecule has 1 saturated heterocycles. The number of nitrogens with zero attached hydrogens (tertiary/aromatic N) is 4. The smallest absolute Gasteiger partial charge is 0.193 e. The van der Waals surface area contributed by atoms with E-state index in [1.54, 1.807) is 0 Å². The van der Waals surface area contributed by atoms with Crippen molar-refractivity contribution in [1.82, 2.24) is 19.8 Å². The van der Waals surface area contributed by atoms with E-state index < -0.39 is 0 Å². The van der Waals surface area contributed by atoms with Crippen molar-refractivity contribution in [2.45, 2.75) is 19.4 Å². The Bertz CT molecular complexity index is 429. The summed E-state index contributed by atoms with van der Waals surface area (Å²) in [6, 6.07) is 0.457. The van der Waals surface area contributed by atoms with Crippen LogP contribution < -0.4 is 5.32 Å². The molecular weight excluding hydrogens is 365 g/mol. The van der Waals surface area contributed by atoms with Crippen molar-refractivity contribution in [3.63, 3.8) is 0 Å². The van der Waals surface area contributed by atoms with Crippen molar-refractivity contribution in [2.75, 3.05) is 26.7 Å². The summed E-state index contributed by atoms with van der Waals surface area (Å²) in [4.78, 5) is 10.8. The summed E-state index contributed by atoms with van der Waals surface area (Å²) >= 11 is 0. The molecule has 6 heteroatoms. The lowest BCUT2D eigenvalue weighted by Gasteiger charge is -2.39. The van der Waals surface area contributed by atoms with E-state index in [1.807, 2.05) is 31.8 Å². The second kappa shape index (κ2) is 8.28. The molecule has 1 N–H and O–H groups in total. The molecule has 0 aliphatic carbocycles. The Labute approximate surface area is 138 Å². The van der Waals surface area contributed by atoms with Crippen molar-refractivity contribution < 1.29 is 0 Å². The number of piperidine rings is 1. The molecule has 2 rings (SSSR count). The first-order valence-electron chi connectivity index (χ1n) is 6.80. The van der Waals surface area contributed by atoms with E-state index in [4.69, 9.17) is 0 Å². The molecular formula is C14H24IN5. The third-order valence-corrected chi connectivity index (χ3v) is 3.74. The Morgan fingerprint density at radius 3 is 3.00 bits per heavy atom. The summed E-state index contributed by atoms with van der Waals surface area (Å²) in [7, 11) is 1.83. The van der Waals surface area contributed by atoms with Gasteiger partial charge in [-0.2, -0.15) is 0 Å². The number of imidazole rings is 1. The van der Waals surface area contributed by atoms with Gasteiger partial charge >= 0.3 is 0 Å². The molecule has 0 radical (unpaired) electrons. The number of aliphatic imine (C=N–C) groups is 1. The minimum Gasteiger partial charge on any atom is -0.353 e. The van der Waals surface area contributed by atoms with Crippen molar-refractivity contribution in [3.8, 4) is 0 Å². The van der Waals surface area contributed by atoms with E-state index in [-0.39, 0.29) is 24.0 Å². The van der Waals surface area contributed by atoms with Gasteiger partial charge in [-0.1, -0.05) is 13.0 Å². The maximum Gasteiger partial charge on any atom is 0.193 e. The number of aromatic nitrogens is 2. The van der Waals surface area contributed by atoms with Crippen LogP contribution in [0.1, 0.15) is 19.4 Å². The monoisotopic (exact) mass is 389 g/mol. The van der Waals surface area contributed by atoms with Crippen LogP contribution in [-0.2, 0) is 0 Å². The van der Waals surface area contributed by atoms with Crippen LogP contribution in [0.5, 0.6) is 0 Å². The van der Waals surface area contributed by atoms with Crippen LogP contribution in [0.25, 0.3) is 0 Å². The highest BCUT2D eigenvalue weighted by Gasteiger charge is 2.28. The van der Waals surface area contributed by atoms with Gasteiger partial charge in [-0.3, -0.25) is 4.99 Å². The minimum atomic E-state index is 0. The van der Waals surface area contributed by atoms with Gasteiger partial charge in [0.05, 0.1) is 12.4 Å². The normalized spacial score (nSPS) is 23.1. The number of halogens is 1. The maximum absolute atomic E-state index is 4.35. The summed E-state index contributed by atoms with van der Waals surface area (Å²) in [5.41, 5.74) is 0. The van der Waals surface area contributed by atoms with Gasteiger partial charge in [-0.05, 0) is 12.3 Å². The largest absolute Gasteiger partial charge is 0.353 e. The topological polar surface area (TPSA) is 45.5 Å². The van der Waals surface area contributed by atoms with E-state index in [2.05, 4.69) is 38.3 Å². The van der Waals surface area contributed by atoms with Crippen LogP contribution in [0.3, 0.4) is 0 Å². The van der Waals surface area contributed by atoms with Crippen LogP contribution in [-0.4, -0.2) is 47.1 Å². The summed E-state index contributed by atoms with van der Waals surface area (Å²) < 4.78 is 2.21. The zero-order chi connectivity index (χ0) is 13.7. The zero-order valence-electron chi connectivity index (χ0n) is 12.2. The van der Waals surface area contributed by atoms with Crippen LogP contribution in [0, 0.1) is 5.92 Å². The van der Waals surface area contributed by atoms with E-state index in [0.717, 1.165) is 32.0 Å². The van der Waals surface area contributed by atoms with Gasteiger partial charge in [0.1, 0.15) is 0 Å². The molecule has 2 heterocycles. The fourth-order valence-electron chi connectivity index (χ4n) is 2.59. The Kier molecular flexibility index (Phi) is 7.04. The highest BCUT2D eigenvalue weighted by molar-refractivity contribution is 14.0. The molecule has 0 bridgehead atoms. The van der Waals surface area contributed by atoms with E-state index >= 15 is 0 Å². The lowest BCUT2D eigenvalue weighted by atomic mass is 9.93. The molecule has 112 valence electrons. The van der Waals surface area contributed by atoms with Gasteiger partial charge in [-0.15, -0.1) is 30.6 Å². The van der Waals surface area contributed by atoms with Crippen LogP contribution in [0.4, 0.5) is 0 Å². The minimum absolute atomic E-state index is 0. The molecule has 20 heavy (non-hydrogen) atoms. The fraction of sp³-hybridized carbons (Fsp3) is 0.571. The second-order valence-corrected chi connectivity index (χ2v) is 5.01. The van der Waals surface area contributed by atoms with Crippen molar-refractivity contribution in [3.05, 3.63) is 31.4 Å². The predicted octanol–water partition coefficient (Wildman–Crippen LogP) is 2.15. The molecule has 0 aromatic carbocycles. The number of hydrogen-bond donors (Lipinski definition) is 1. The lowest BCUT2D eigenvalue weighted by molar-refractivity contribution is 0.189. The average molecular weight is 389 g/mol. The summed E-state index contributed by atoms with van der Waals surface area (Å²) in [5, 5.41) is 3.30. The Balaban J connectivity index is 0.00000200. The van der Waals surface area contributed by atoms with Crippen molar-refractivity contribution >= 4 is 29.9 Å². The number of nitrogens with one attached hydrogen (secondary N) is 1. The molecule has 1 aliphatic rings. The number of likely N-dealkylation sites (tertiary alicyclic amines) is 1. The van der Waals surface area contributed by atoms with E-state index in [1.165, 1.54) is 0 Å². The summed E-state index contributed by atoms with van der Waals surface area (Å²) in [6.07, 6.45) is 8.81. The maximum atomic E-state index is 4.35. The third kappa shape index (κ3) is 3.97. The van der Waals surface area contributed by atoms with Crippen LogP contribution >= 0.6 is 24.0 Å². The highest BCUT2D eigenvalue weighted by Crippen LogP contribution is 2.27. The quantitative estimate of drug-likeness (QED) is 0.373. The van der Waals surface area contributed by atoms with E-state index in [9.17, 15) is 0 Å². The summed E-state index contributed by atoms with van der Waals surface area (Å²) in [6.45, 7) is 8.79. The van der Waals surface area contributed by atoms with Gasteiger partial charge in [-0.25, -0.2) is 4.98 Å². The Morgan fingerprint density at radius 2 is 2.40 bits per heavy atom. The van der Waals surface area contributed by atoms with Gasteiger partial charge in [0.15, 0.2) is 5.96 Å². The molecule has 1 fully saturated rings. The van der Waals surface area contributed by atoms with Gasteiger partial charge in [0.2, 0.25) is 0 Å². The average Bonchev–Trinajstić information content (AvgIpc) is 2.95. The first-order chi connectivity index (χ1) is 9.26. The van der Waals surface area contributed by atoms with Crippen LogP contribution in [0.2, 0.25) is 0 Å². The fourth-order valence-corrected chi connectivity index (χ4v) is 2.59. The number of guanidine groups is 1. The molecule has 0 spiro atoms. The third-order valence-electron chi connectivity index (χ3n) is 3.74. The predicted molar refractivity (Wildman–Crippen MR) is 93.6 cm³/mol. The van der Waals surface area contributed by atoms with Crippen molar-refractivity contribution in [1.29, 1.82) is 0 Å². The molecule has 5 nitrogen and oxygen atoms in total. The van der Waals surface area contributed by atoms with Gasteiger partial charge in [0.25, 0.3) is 0 Å². The molecule has 2 atom stereocenters. The molecule has 1 aromatic heterocycles. The first-order valence-corrected chi connectivity index (χ1v) is 6.80. The SMILES string of the molecule is C=CCNC(=NC)N1CCC(C)C(n2ccnc2)C1.I. The van der Waals surface area contributed by atoms with Crippen molar-refractivity contribution in [2.24, 2.45) is 10.9 Å². The Hall–Kier alpha value is -1.05. The molecule has 1 aromatic rings. The van der Waals surface area contributed by atoms with Gasteiger partial charge in [0, 0.05) is 39.1 Å². The number of rotatable bonds is 3. The molecule has 1 aliphatic heterocycles. The molecule has 0 saturated carbocycles. The standard InChI is InChI=1S/C14H23N5.HI/c1-4-6-17-14(15-3)18-8-5-12(2)13(10-18)19-9-7-16-11-19;/h4,7,9,11-13H,1,5-6,8,10H2,2-3H3,(H,15,17);1H. The summed E-state index contributed by atoms with van der Waals surface area (Å²) in [5.74, 6) is 1.61. The zero-order valence-corrected chi connectivity index (χ0v) is 14.5. The lowest BCUT2D eigenvalue weighted by Crippen LogP contribution is -2.48. The number of hydrogen-bond acceptors (Lipinski definition) is 2. The van der Waals surface area contributed by atoms with Gasteiger partial charge < -0.3 is 14.8 Å². The van der Waals surface area contributed by atoms with E-state index in [0.29, 0.717) is 12.0 Å².